The van der Waals surface area contributed by atoms with Crippen LogP contribution in [0.1, 0.15) is 12.0 Å². The highest BCUT2D eigenvalue weighted by molar-refractivity contribution is 5.14. The average molecular weight is 206 g/mol. The molecule has 0 fully saturated rings. The van der Waals surface area contributed by atoms with Crippen LogP contribution in [0.2, 0.25) is 0 Å². The van der Waals surface area contributed by atoms with E-state index in [1.807, 2.05) is 0 Å². The highest BCUT2D eigenvalue weighted by Crippen LogP contribution is 2.27. The van der Waals surface area contributed by atoms with Gasteiger partial charge in [0.1, 0.15) is 0 Å². The standard InChI is InChI=1S/C10H10F4/c11-9(12)10(13,14)7-6-8-4-2-1-3-5-8/h1-5,9H,6-7H2. The largest absolute Gasteiger partial charge is 0.307 e. The van der Waals surface area contributed by atoms with Crippen molar-refractivity contribution < 1.29 is 17.6 Å². The molecule has 0 spiro atoms. The van der Waals surface area contributed by atoms with Crippen LogP contribution in [0.3, 0.4) is 0 Å². The summed E-state index contributed by atoms with van der Waals surface area (Å²) in [6, 6.07) is 8.41. The number of halogens is 4. The van der Waals surface area contributed by atoms with Gasteiger partial charge in [-0.2, -0.15) is 0 Å². The van der Waals surface area contributed by atoms with Crippen molar-refractivity contribution in [2.75, 3.05) is 0 Å². The Labute approximate surface area is 79.6 Å². The molecule has 1 aromatic carbocycles. The van der Waals surface area contributed by atoms with Crippen LogP contribution in [-0.2, 0) is 6.42 Å². The number of benzene rings is 1. The molecule has 1 rings (SSSR count). The Morgan fingerprint density at radius 2 is 1.64 bits per heavy atom. The van der Waals surface area contributed by atoms with Gasteiger partial charge in [-0.3, -0.25) is 0 Å². The zero-order valence-electron chi connectivity index (χ0n) is 7.39. The van der Waals surface area contributed by atoms with Gasteiger partial charge in [-0.15, -0.1) is 0 Å². The van der Waals surface area contributed by atoms with Gasteiger partial charge in [-0.1, -0.05) is 30.3 Å². The van der Waals surface area contributed by atoms with E-state index in [2.05, 4.69) is 0 Å². The third-order valence-corrected chi connectivity index (χ3v) is 1.91. The average Bonchev–Trinajstić information content (AvgIpc) is 2.16. The van der Waals surface area contributed by atoms with Crippen LogP contribution in [-0.4, -0.2) is 12.3 Å². The van der Waals surface area contributed by atoms with E-state index in [1.165, 1.54) is 0 Å². The van der Waals surface area contributed by atoms with E-state index in [0.717, 1.165) is 0 Å². The fourth-order valence-electron chi connectivity index (χ4n) is 1.06. The van der Waals surface area contributed by atoms with Crippen molar-refractivity contribution in [3.63, 3.8) is 0 Å². The van der Waals surface area contributed by atoms with Crippen LogP contribution in [0.25, 0.3) is 0 Å². The Hall–Kier alpha value is -1.06. The van der Waals surface area contributed by atoms with Gasteiger partial charge in [0.2, 0.25) is 0 Å². The number of hydrogen-bond acceptors (Lipinski definition) is 0. The molecule has 0 nitrogen and oxygen atoms in total. The Balaban J connectivity index is 2.49. The van der Waals surface area contributed by atoms with Crippen molar-refractivity contribution in [2.24, 2.45) is 0 Å². The lowest BCUT2D eigenvalue weighted by atomic mass is 10.1. The Kier molecular flexibility index (Phi) is 3.49. The van der Waals surface area contributed by atoms with Crippen molar-refractivity contribution in [1.29, 1.82) is 0 Å². The number of aryl methyl sites for hydroxylation is 1. The van der Waals surface area contributed by atoms with Crippen LogP contribution in [0, 0.1) is 0 Å². The highest BCUT2D eigenvalue weighted by Gasteiger charge is 2.39. The fourth-order valence-corrected chi connectivity index (χ4v) is 1.06. The van der Waals surface area contributed by atoms with E-state index < -0.39 is 18.8 Å². The molecule has 0 aliphatic rings. The Morgan fingerprint density at radius 3 is 2.14 bits per heavy atom. The second-order valence-electron chi connectivity index (χ2n) is 3.05. The van der Waals surface area contributed by atoms with Crippen LogP contribution >= 0.6 is 0 Å². The molecule has 0 aliphatic heterocycles. The highest BCUT2D eigenvalue weighted by atomic mass is 19.3. The van der Waals surface area contributed by atoms with Crippen molar-refractivity contribution in [3.05, 3.63) is 35.9 Å². The van der Waals surface area contributed by atoms with E-state index in [4.69, 9.17) is 0 Å². The van der Waals surface area contributed by atoms with Gasteiger partial charge in [-0.25, -0.2) is 17.6 Å². The quantitative estimate of drug-likeness (QED) is 0.661. The molecular weight excluding hydrogens is 196 g/mol. The maximum atomic E-state index is 12.5. The minimum Gasteiger partial charge on any atom is -0.204 e. The molecule has 0 unspecified atom stereocenters. The van der Waals surface area contributed by atoms with Crippen LogP contribution < -0.4 is 0 Å². The lowest BCUT2D eigenvalue weighted by Gasteiger charge is -2.14. The molecule has 0 aromatic heterocycles. The minimum atomic E-state index is -3.88. The minimum absolute atomic E-state index is 0.0296. The number of rotatable bonds is 4. The fraction of sp³-hybridized carbons (Fsp3) is 0.400. The summed E-state index contributed by atoms with van der Waals surface area (Å²) < 4.78 is 48.5. The zero-order chi connectivity index (χ0) is 10.6. The number of alkyl halides is 4. The monoisotopic (exact) mass is 206 g/mol. The van der Waals surface area contributed by atoms with Gasteiger partial charge in [-0.05, 0) is 12.0 Å². The molecule has 0 radical (unpaired) electrons. The van der Waals surface area contributed by atoms with Crippen LogP contribution in [0.4, 0.5) is 17.6 Å². The first-order valence-corrected chi connectivity index (χ1v) is 4.22. The third kappa shape index (κ3) is 3.01. The smallest absolute Gasteiger partial charge is 0.204 e. The summed E-state index contributed by atoms with van der Waals surface area (Å²) in [5.41, 5.74) is 0.646. The molecule has 1 aromatic rings. The van der Waals surface area contributed by atoms with Crippen molar-refractivity contribution >= 4 is 0 Å². The van der Waals surface area contributed by atoms with Crippen molar-refractivity contribution in [1.82, 2.24) is 0 Å². The van der Waals surface area contributed by atoms with Gasteiger partial charge < -0.3 is 0 Å². The van der Waals surface area contributed by atoms with Gasteiger partial charge >= 0.3 is 12.3 Å². The molecule has 0 saturated heterocycles. The molecule has 0 N–H and O–H groups in total. The molecule has 14 heavy (non-hydrogen) atoms. The maximum Gasteiger partial charge on any atom is 0.307 e. The summed E-state index contributed by atoms with van der Waals surface area (Å²) in [7, 11) is 0. The van der Waals surface area contributed by atoms with E-state index in [1.54, 1.807) is 30.3 Å². The summed E-state index contributed by atoms with van der Waals surface area (Å²) in [4.78, 5) is 0. The zero-order valence-corrected chi connectivity index (χ0v) is 7.39. The Bertz CT molecular complexity index is 269. The van der Waals surface area contributed by atoms with E-state index in [-0.39, 0.29) is 6.42 Å². The molecule has 4 heteroatoms. The van der Waals surface area contributed by atoms with Gasteiger partial charge in [0.05, 0.1) is 0 Å². The topological polar surface area (TPSA) is 0 Å². The Morgan fingerprint density at radius 1 is 1.07 bits per heavy atom. The molecule has 0 aliphatic carbocycles. The van der Waals surface area contributed by atoms with Crippen LogP contribution in [0.15, 0.2) is 30.3 Å². The second-order valence-corrected chi connectivity index (χ2v) is 3.05. The predicted octanol–water partition coefficient (Wildman–Crippen LogP) is 3.52. The molecule has 78 valence electrons. The first-order valence-electron chi connectivity index (χ1n) is 4.22. The van der Waals surface area contributed by atoms with Crippen molar-refractivity contribution in [2.45, 2.75) is 25.2 Å². The van der Waals surface area contributed by atoms with Gasteiger partial charge in [0, 0.05) is 6.42 Å². The summed E-state index contributed by atoms with van der Waals surface area (Å²) in [6.07, 6.45) is -4.42. The molecule has 0 amide bonds. The molecular formula is C10H10F4. The third-order valence-electron chi connectivity index (χ3n) is 1.91. The van der Waals surface area contributed by atoms with Crippen LogP contribution in [0.5, 0.6) is 0 Å². The summed E-state index contributed by atoms with van der Waals surface area (Å²) >= 11 is 0. The lowest BCUT2D eigenvalue weighted by Crippen LogP contribution is -2.26. The SMILES string of the molecule is FC(F)C(F)(F)CCc1ccccc1. The molecule has 0 bridgehead atoms. The first kappa shape index (κ1) is 11.0. The molecule has 0 saturated carbocycles. The van der Waals surface area contributed by atoms with Gasteiger partial charge in [0.15, 0.2) is 0 Å². The second kappa shape index (κ2) is 4.44. The van der Waals surface area contributed by atoms with E-state index >= 15 is 0 Å². The summed E-state index contributed by atoms with van der Waals surface area (Å²) in [6.45, 7) is 0. The molecule has 0 atom stereocenters. The lowest BCUT2D eigenvalue weighted by molar-refractivity contribution is -0.132. The summed E-state index contributed by atoms with van der Waals surface area (Å²) in [5, 5.41) is 0. The summed E-state index contributed by atoms with van der Waals surface area (Å²) in [5.74, 6) is -3.88. The van der Waals surface area contributed by atoms with E-state index in [0.29, 0.717) is 5.56 Å². The predicted molar refractivity (Wildman–Crippen MR) is 45.7 cm³/mol. The van der Waals surface area contributed by atoms with E-state index in [9.17, 15) is 17.6 Å². The van der Waals surface area contributed by atoms with Crippen molar-refractivity contribution in [3.8, 4) is 0 Å². The first-order chi connectivity index (χ1) is 6.52. The van der Waals surface area contributed by atoms with Gasteiger partial charge in [0.25, 0.3) is 0 Å². The number of hydrogen-bond donors (Lipinski definition) is 0. The normalized spacial score (nSPS) is 12.1. The molecule has 0 heterocycles. The maximum absolute atomic E-state index is 12.5.